The summed E-state index contributed by atoms with van der Waals surface area (Å²) in [4.78, 5) is 14.7. The highest BCUT2D eigenvalue weighted by atomic mass is 19.4. The summed E-state index contributed by atoms with van der Waals surface area (Å²) in [7, 11) is 1.36. The van der Waals surface area contributed by atoms with Gasteiger partial charge in [-0.15, -0.1) is 0 Å². The normalized spacial score (nSPS) is 20.0. The van der Waals surface area contributed by atoms with Crippen LogP contribution in [0.25, 0.3) is 0 Å². The summed E-state index contributed by atoms with van der Waals surface area (Å²) in [6.07, 6.45) is -4.25. The van der Waals surface area contributed by atoms with Crippen molar-refractivity contribution in [3.8, 4) is 17.6 Å². The molecule has 0 spiro atoms. The van der Waals surface area contributed by atoms with E-state index in [1.54, 1.807) is 6.07 Å². The number of methoxy groups -OCH3 is 1. The predicted molar refractivity (Wildman–Crippen MR) is 123 cm³/mol. The topological polar surface area (TPSA) is 99.6 Å². The van der Waals surface area contributed by atoms with E-state index >= 15 is 0 Å². The van der Waals surface area contributed by atoms with Gasteiger partial charge >= 0.3 is 6.18 Å². The van der Waals surface area contributed by atoms with Crippen LogP contribution in [0.15, 0.2) is 65.1 Å². The number of carbonyl (C=O) groups is 1. The number of para-hydroxylation sites is 1. The van der Waals surface area contributed by atoms with Crippen LogP contribution in [0.3, 0.4) is 0 Å². The number of carbonyl (C=O) groups excluding carboxylic acids is 1. The van der Waals surface area contributed by atoms with Crippen LogP contribution in [-0.2, 0) is 11.0 Å². The van der Waals surface area contributed by atoms with Crippen molar-refractivity contribution in [2.45, 2.75) is 38.8 Å². The molecule has 9 heteroatoms. The van der Waals surface area contributed by atoms with Gasteiger partial charge < -0.3 is 15.6 Å². The molecule has 1 aliphatic heterocycles. The second-order valence-electron chi connectivity index (χ2n) is 9.43. The van der Waals surface area contributed by atoms with Crippen LogP contribution in [0.2, 0.25) is 0 Å². The van der Waals surface area contributed by atoms with Crippen LogP contribution < -0.4 is 15.4 Å². The summed E-state index contributed by atoms with van der Waals surface area (Å²) in [5.74, 6) is -1.36. The molecule has 182 valence electrons. The average Bonchev–Trinajstić information content (AvgIpc) is 2.77. The van der Waals surface area contributed by atoms with Crippen molar-refractivity contribution in [1.82, 2.24) is 0 Å². The average molecular weight is 483 g/mol. The quantitative estimate of drug-likeness (QED) is 0.610. The molecule has 4 rings (SSSR count). The maximum Gasteiger partial charge on any atom is 0.418 e. The number of ether oxygens (including phenoxy) is 1. The summed E-state index contributed by atoms with van der Waals surface area (Å²) in [6.45, 7) is 3.72. The lowest BCUT2D eigenvalue weighted by Crippen LogP contribution is -2.42. The molecule has 0 amide bonds. The maximum atomic E-state index is 14.0. The van der Waals surface area contributed by atoms with Crippen LogP contribution >= 0.6 is 0 Å². The molecule has 2 aliphatic rings. The minimum Gasteiger partial charge on any atom is -0.504 e. The van der Waals surface area contributed by atoms with E-state index in [1.807, 2.05) is 19.9 Å². The monoisotopic (exact) mass is 483 g/mol. The number of hydrogen-bond acceptors (Lipinski definition) is 6. The van der Waals surface area contributed by atoms with Gasteiger partial charge in [0.25, 0.3) is 0 Å². The van der Waals surface area contributed by atoms with Gasteiger partial charge in [0.15, 0.2) is 17.3 Å². The third kappa shape index (κ3) is 4.09. The largest absolute Gasteiger partial charge is 0.504 e. The van der Waals surface area contributed by atoms with Crippen molar-refractivity contribution >= 4 is 11.5 Å². The van der Waals surface area contributed by atoms with E-state index in [4.69, 9.17) is 10.5 Å². The van der Waals surface area contributed by atoms with E-state index in [1.165, 1.54) is 42.3 Å². The van der Waals surface area contributed by atoms with Crippen molar-refractivity contribution in [3.05, 3.63) is 76.3 Å². The van der Waals surface area contributed by atoms with E-state index in [0.717, 1.165) is 6.07 Å². The van der Waals surface area contributed by atoms with Crippen LogP contribution in [0.1, 0.15) is 43.7 Å². The maximum absolute atomic E-state index is 14.0. The lowest BCUT2D eigenvalue weighted by Gasteiger charge is -2.44. The number of Topliss-reactive ketones (excluding diaryl/α,β-unsaturated/α-hetero) is 1. The number of anilines is 1. The molecule has 1 atom stereocenters. The van der Waals surface area contributed by atoms with Crippen LogP contribution in [-0.4, -0.2) is 18.0 Å². The van der Waals surface area contributed by atoms with E-state index < -0.39 is 23.1 Å². The first kappa shape index (κ1) is 24.2. The summed E-state index contributed by atoms with van der Waals surface area (Å²) in [6, 6.07) is 11.4. The standard InChI is InChI=1S/C26H24F3N3O3/c1-25(2)11-18-23(20(34)12-25)22(14-8-9-19(33)21(10-14)35-3)15(13-30)24(31)32(18)17-7-5-4-6-16(17)26(27,28)29/h4-10,22,33H,11-12,31H2,1-3H3/t22-/m0/s1. The van der Waals surface area contributed by atoms with Crippen LogP contribution in [0.4, 0.5) is 18.9 Å². The number of halogens is 3. The highest BCUT2D eigenvalue weighted by Crippen LogP contribution is 2.52. The van der Waals surface area contributed by atoms with E-state index in [-0.39, 0.29) is 52.8 Å². The smallest absolute Gasteiger partial charge is 0.418 e. The Hall–Kier alpha value is -3.93. The third-order valence-corrected chi connectivity index (χ3v) is 6.37. The lowest BCUT2D eigenvalue weighted by atomic mass is 9.68. The first-order valence-corrected chi connectivity index (χ1v) is 10.9. The number of aromatic hydroxyl groups is 1. The fourth-order valence-electron chi connectivity index (χ4n) is 4.90. The zero-order valence-corrected chi connectivity index (χ0v) is 19.4. The van der Waals surface area contributed by atoms with Crippen molar-refractivity contribution in [1.29, 1.82) is 5.26 Å². The molecule has 0 unspecified atom stereocenters. The first-order valence-electron chi connectivity index (χ1n) is 10.9. The Kier molecular flexibility index (Phi) is 5.79. The third-order valence-electron chi connectivity index (χ3n) is 6.37. The molecule has 0 aromatic heterocycles. The Labute approximate surface area is 200 Å². The van der Waals surface area contributed by atoms with Gasteiger partial charge in [0, 0.05) is 17.7 Å². The molecular weight excluding hydrogens is 459 g/mol. The summed E-state index contributed by atoms with van der Waals surface area (Å²) in [5.41, 5.74) is 5.69. The van der Waals surface area contributed by atoms with Crippen molar-refractivity contribution in [2.75, 3.05) is 12.0 Å². The van der Waals surface area contributed by atoms with Crippen molar-refractivity contribution < 1.29 is 27.8 Å². The molecular formula is C26H24F3N3O3. The highest BCUT2D eigenvalue weighted by molar-refractivity contribution is 6.01. The highest BCUT2D eigenvalue weighted by Gasteiger charge is 2.46. The van der Waals surface area contributed by atoms with E-state index in [9.17, 15) is 28.3 Å². The predicted octanol–water partition coefficient (Wildman–Crippen LogP) is 5.36. The fraction of sp³-hybridized carbons (Fsp3) is 0.308. The van der Waals surface area contributed by atoms with Gasteiger partial charge in [0.1, 0.15) is 5.82 Å². The molecule has 0 bridgehead atoms. The molecule has 6 nitrogen and oxygen atoms in total. The van der Waals surface area contributed by atoms with Gasteiger partial charge in [-0.2, -0.15) is 18.4 Å². The van der Waals surface area contributed by atoms with Crippen molar-refractivity contribution in [3.63, 3.8) is 0 Å². The molecule has 0 saturated carbocycles. The van der Waals surface area contributed by atoms with Gasteiger partial charge in [-0.05, 0) is 41.7 Å². The van der Waals surface area contributed by atoms with Gasteiger partial charge in [-0.25, -0.2) is 0 Å². The van der Waals surface area contributed by atoms with Crippen LogP contribution in [0, 0.1) is 16.7 Å². The molecule has 0 saturated heterocycles. The number of alkyl halides is 3. The number of allylic oxidation sites excluding steroid dienone is 3. The summed E-state index contributed by atoms with van der Waals surface area (Å²) < 4.78 is 47.1. The van der Waals surface area contributed by atoms with Gasteiger partial charge in [0.2, 0.25) is 0 Å². The van der Waals surface area contributed by atoms with E-state index in [0.29, 0.717) is 11.3 Å². The molecule has 3 N–H and O–H groups in total. The number of nitrogens with zero attached hydrogens (tertiary/aromatic N) is 2. The Bertz CT molecular complexity index is 1320. The Balaban J connectivity index is 2.05. The summed E-state index contributed by atoms with van der Waals surface area (Å²) in [5, 5.41) is 20.1. The molecule has 1 aliphatic carbocycles. The molecule has 2 aromatic carbocycles. The zero-order valence-electron chi connectivity index (χ0n) is 19.4. The van der Waals surface area contributed by atoms with Crippen LogP contribution in [0.5, 0.6) is 11.5 Å². The number of nitriles is 1. The van der Waals surface area contributed by atoms with E-state index in [2.05, 4.69) is 0 Å². The SMILES string of the molecule is COc1cc([C@H]2C(C#N)=C(N)N(c3ccccc3C(F)(F)F)C3=C2C(=O)CC(C)(C)C3)ccc1O. The van der Waals surface area contributed by atoms with Gasteiger partial charge in [-0.3, -0.25) is 9.69 Å². The Morgan fingerprint density at radius 2 is 1.89 bits per heavy atom. The fourth-order valence-corrected chi connectivity index (χ4v) is 4.90. The number of nitrogens with two attached hydrogens (primary N) is 1. The Morgan fingerprint density at radius 1 is 1.20 bits per heavy atom. The number of phenols is 1. The zero-order chi connectivity index (χ0) is 25.7. The number of ketones is 1. The van der Waals surface area contributed by atoms with Crippen molar-refractivity contribution in [2.24, 2.45) is 11.1 Å². The van der Waals surface area contributed by atoms with Gasteiger partial charge in [-0.1, -0.05) is 32.0 Å². The molecule has 0 radical (unpaired) electrons. The number of rotatable bonds is 3. The molecule has 35 heavy (non-hydrogen) atoms. The second-order valence-corrected chi connectivity index (χ2v) is 9.43. The Morgan fingerprint density at radius 3 is 2.51 bits per heavy atom. The minimum absolute atomic E-state index is 0.0541. The second kappa shape index (κ2) is 8.38. The molecule has 0 fully saturated rings. The number of benzene rings is 2. The van der Waals surface area contributed by atoms with Gasteiger partial charge in [0.05, 0.1) is 35.9 Å². The molecule has 1 heterocycles. The molecule has 2 aromatic rings. The number of hydrogen-bond donors (Lipinski definition) is 2. The number of phenolic OH excluding ortho intramolecular Hbond substituents is 1. The lowest BCUT2D eigenvalue weighted by molar-refractivity contribution is -0.137. The minimum atomic E-state index is -4.68. The summed E-state index contributed by atoms with van der Waals surface area (Å²) >= 11 is 0. The first-order chi connectivity index (χ1) is 16.4.